The first-order valence-electron chi connectivity index (χ1n) is 24.4. The number of amides is 1. The summed E-state index contributed by atoms with van der Waals surface area (Å²) in [5.41, 5.74) is 0.501. The highest BCUT2D eigenvalue weighted by atomic mass is 16.7. The number of rotatable bonds is 27. The van der Waals surface area contributed by atoms with Gasteiger partial charge in [0, 0.05) is 32.4 Å². The molecule has 55 heavy (non-hydrogen) atoms. The summed E-state index contributed by atoms with van der Waals surface area (Å²) in [6.45, 7) is 13.4. The van der Waals surface area contributed by atoms with E-state index in [4.69, 9.17) is 4.74 Å². The molecule has 0 aromatic heterocycles. The van der Waals surface area contributed by atoms with Crippen molar-refractivity contribution in [3.05, 3.63) is 0 Å². The minimum atomic E-state index is -1.36. The molecule has 0 saturated heterocycles. The lowest BCUT2D eigenvalue weighted by Gasteiger charge is -2.62. The highest BCUT2D eigenvalue weighted by Gasteiger charge is 2.62. The van der Waals surface area contributed by atoms with Gasteiger partial charge in [-0.15, -0.1) is 0 Å². The first-order valence-corrected chi connectivity index (χ1v) is 24.4. The maximum Gasteiger partial charge on any atom is 0.412 e. The fourth-order valence-corrected chi connectivity index (χ4v) is 12.9. The standard InChI is InChI=1S/C49H89NO5/c1-6-8-10-12-14-16-18-20-22-24-36-50(37-25-23-21-19-17-15-13-11-9-7-2)46(53)55-49(54)35-34-47(4)40(38-49)27-28-41-43-30-29-42(39(3)26-31-45(51)52)48(43,5)33-32-44(41)47/h39-44,54H,6-38H2,1-5H3,(H,51,52)/t39-,40-,41+,42-,43+,44+,47+,48-,49+/m1/s1. The molecule has 4 aliphatic rings. The summed E-state index contributed by atoms with van der Waals surface area (Å²) in [5, 5.41) is 21.3. The number of carbonyl (C=O) groups excluding carboxylic acids is 1. The summed E-state index contributed by atoms with van der Waals surface area (Å²) in [6, 6.07) is 0. The molecule has 320 valence electrons. The monoisotopic (exact) mass is 772 g/mol. The minimum absolute atomic E-state index is 0.182. The summed E-state index contributed by atoms with van der Waals surface area (Å²) in [6.07, 6.45) is 35.8. The fraction of sp³-hybridized carbons (Fsp3) is 0.959. The Balaban J connectivity index is 1.27. The first kappa shape index (κ1) is 46.4. The predicted molar refractivity (Wildman–Crippen MR) is 228 cm³/mol. The predicted octanol–water partition coefficient (Wildman–Crippen LogP) is 14.1. The van der Waals surface area contributed by atoms with Gasteiger partial charge in [0.1, 0.15) is 0 Å². The van der Waals surface area contributed by atoms with Crippen LogP contribution in [0, 0.1) is 46.3 Å². The number of aliphatic hydroxyl groups is 1. The molecule has 9 atom stereocenters. The third-order valence-electron chi connectivity index (χ3n) is 16.4. The summed E-state index contributed by atoms with van der Waals surface area (Å²) in [5.74, 6) is 1.57. The lowest BCUT2D eigenvalue weighted by molar-refractivity contribution is -0.235. The molecule has 0 spiro atoms. The average Bonchev–Trinajstić information content (AvgIpc) is 3.52. The van der Waals surface area contributed by atoms with Gasteiger partial charge >= 0.3 is 12.1 Å². The van der Waals surface area contributed by atoms with Crippen molar-refractivity contribution in [2.24, 2.45) is 46.3 Å². The molecule has 0 radical (unpaired) electrons. The smallest absolute Gasteiger partial charge is 0.412 e. The van der Waals surface area contributed by atoms with Crippen LogP contribution in [0.1, 0.15) is 234 Å². The Kier molecular flexibility index (Phi) is 19.7. The maximum absolute atomic E-state index is 13.9. The van der Waals surface area contributed by atoms with Gasteiger partial charge in [0.2, 0.25) is 5.79 Å². The number of carboxylic acid groups (broad SMARTS) is 1. The molecule has 0 aromatic carbocycles. The lowest BCUT2D eigenvalue weighted by Crippen LogP contribution is -2.57. The summed E-state index contributed by atoms with van der Waals surface area (Å²) in [4.78, 5) is 27.2. The van der Waals surface area contributed by atoms with Gasteiger partial charge in [0.15, 0.2) is 0 Å². The Morgan fingerprint density at radius 1 is 0.655 bits per heavy atom. The molecule has 1 amide bonds. The molecule has 2 N–H and O–H groups in total. The van der Waals surface area contributed by atoms with Crippen molar-refractivity contribution in [2.75, 3.05) is 13.1 Å². The van der Waals surface area contributed by atoms with Crippen LogP contribution in [0.2, 0.25) is 0 Å². The SMILES string of the molecule is CCCCCCCCCCCCN(CCCCCCCCCCCC)C(=O)O[C@@]1(O)CC[C@@]2(C)[C@H](CC[C@@H]3[C@@H]2CC[C@]2(C)[C@@H]([C@H](C)CCC(=O)O)CC[C@@H]32)C1. The zero-order chi connectivity index (χ0) is 39.7. The second-order valence-corrected chi connectivity index (χ2v) is 20.2. The molecule has 0 aliphatic heterocycles. The third-order valence-corrected chi connectivity index (χ3v) is 16.4. The topological polar surface area (TPSA) is 87.1 Å². The quantitative estimate of drug-likeness (QED) is 0.0641. The first-order chi connectivity index (χ1) is 26.5. The number of hydrogen-bond acceptors (Lipinski definition) is 4. The molecular formula is C49H89NO5. The molecule has 6 heteroatoms. The van der Waals surface area contributed by atoms with Crippen LogP contribution in [-0.2, 0) is 9.53 Å². The van der Waals surface area contributed by atoms with Crippen LogP contribution in [0.25, 0.3) is 0 Å². The second kappa shape index (κ2) is 23.3. The Labute approximate surface area is 339 Å². The van der Waals surface area contributed by atoms with Gasteiger partial charge in [-0.05, 0) is 111 Å². The normalized spacial score (nSPS) is 32.0. The second-order valence-electron chi connectivity index (χ2n) is 20.2. The molecule has 6 nitrogen and oxygen atoms in total. The highest BCUT2D eigenvalue weighted by molar-refractivity contribution is 5.68. The maximum atomic E-state index is 13.9. The van der Waals surface area contributed by atoms with E-state index in [0.29, 0.717) is 41.9 Å². The van der Waals surface area contributed by atoms with Crippen LogP contribution in [0.3, 0.4) is 0 Å². The van der Waals surface area contributed by atoms with Crippen LogP contribution < -0.4 is 0 Å². The van der Waals surface area contributed by atoms with Crippen molar-refractivity contribution in [1.29, 1.82) is 0 Å². The van der Waals surface area contributed by atoms with Crippen molar-refractivity contribution in [1.82, 2.24) is 4.90 Å². The molecular weight excluding hydrogens is 683 g/mol. The Morgan fingerprint density at radius 2 is 1.16 bits per heavy atom. The number of ether oxygens (including phenoxy) is 1. The number of aliphatic carboxylic acids is 1. The van der Waals surface area contributed by atoms with Crippen LogP contribution in [0.4, 0.5) is 4.79 Å². The van der Waals surface area contributed by atoms with E-state index in [1.54, 1.807) is 0 Å². The molecule has 4 saturated carbocycles. The highest BCUT2D eigenvalue weighted by Crippen LogP contribution is 2.69. The molecule has 0 bridgehead atoms. The fourth-order valence-electron chi connectivity index (χ4n) is 12.9. The van der Waals surface area contributed by atoms with Crippen LogP contribution in [0.15, 0.2) is 0 Å². The van der Waals surface area contributed by atoms with Gasteiger partial charge in [-0.25, -0.2) is 4.79 Å². The van der Waals surface area contributed by atoms with E-state index in [-0.39, 0.29) is 17.9 Å². The average molecular weight is 772 g/mol. The molecule has 0 unspecified atom stereocenters. The van der Waals surface area contributed by atoms with E-state index < -0.39 is 11.8 Å². The Morgan fingerprint density at radius 3 is 1.69 bits per heavy atom. The Hall–Kier alpha value is -1.30. The van der Waals surface area contributed by atoms with E-state index in [1.165, 1.54) is 135 Å². The summed E-state index contributed by atoms with van der Waals surface area (Å²) in [7, 11) is 0. The van der Waals surface area contributed by atoms with E-state index in [9.17, 15) is 19.8 Å². The van der Waals surface area contributed by atoms with Gasteiger partial charge < -0.3 is 19.8 Å². The van der Waals surface area contributed by atoms with Gasteiger partial charge in [-0.1, -0.05) is 150 Å². The van der Waals surface area contributed by atoms with Crippen LogP contribution in [-0.4, -0.2) is 46.1 Å². The zero-order valence-corrected chi connectivity index (χ0v) is 36.9. The number of unbranched alkanes of at least 4 members (excludes halogenated alkanes) is 18. The molecule has 4 fully saturated rings. The van der Waals surface area contributed by atoms with Gasteiger partial charge in [-0.2, -0.15) is 0 Å². The number of fused-ring (bicyclic) bond motifs is 5. The summed E-state index contributed by atoms with van der Waals surface area (Å²) >= 11 is 0. The van der Waals surface area contributed by atoms with Crippen molar-refractivity contribution in [3.63, 3.8) is 0 Å². The number of hydrogen-bond donors (Lipinski definition) is 2. The van der Waals surface area contributed by atoms with E-state index >= 15 is 0 Å². The van der Waals surface area contributed by atoms with Crippen molar-refractivity contribution >= 4 is 12.1 Å². The Bertz CT molecular complexity index is 1090. The largest absolute Gasteiger partial charge is 0.481 e. The van der Waals surface area contributed by atoms with Gasteiger partial charge in [-0.3, -0.25) is 4.79 Å². The minimum Gasteiger partial charge on any atom is -0.481 e. The molecule has 0 aromatic rings. The van der Waals surface area contributed by atoms with Crippen LogP contribution >= 0.6 is 0 Å². The van der Waals surface area contributed by atoms with Gasteiger partial charge in [0.25, 0.3) is 0 Å². The van der Waals surface area contributed by atoms with Crippen LogP contribution in [0.5, 0.6) is 0 Å². The number of carboxylic acids is 1. The molecule has 4 aliphatic carbocycles. The van der Waals surface area contributed by atoms with Crippen molar-refractivity contribution in [3.8, 4) is 0 Å². The lowest BCUT2D eigenvalue weighted by atomic mass is 9.44. The third kappa shape index (κ3) is 13.4. The zero-order valence-electron chi connectivity index (χ0n) is 36.9. The van der Waals surface area contributed by atoms with Crippen molar-refractivity contribution < 1.29 is 24.5 Å². The van der Waals surface area contributed by atoms with E-state index in [0.717, 1.165) is 69.9 Å². The summed E-state index contributed by atoms with van der Waals surface area (Å²) < 4.78 is 6.22. The van der Waals surface area contributed by atoms with Gasteiger partial charge in [0.05, 0.1) is 0 Å². The number of carbonyl (C=O) groups is 2. The van der Waals surface area contributed by atoms with E-state index in [2.05, 4.69) is 34.6 Å². The molecule has 4 rings (SSSR count). The molecule has 0 heterocycles. The van der Waals surface area contributed by atoms with Crippen molar-refractivity contribution in [2.45, 2.75) is 239 Å². The number of nitrogens with zero attached hydrogens (tertiary/aromatic N) is 1. The van der Waals surface area contributed by atoms with E-state index in [1.807, 2.05) is 4.90 Å².